The zero-order valence-electron chi connectivity index (χ0n) is 10.5. The summed E-state index contributed by atoms with van der Waals surface area (Å²) < 4.78 is 5.64. The fourth-order valence-corrected chi connectivity index (χ4v) is 2.14. The number of halogens is 2. The first-order valence-corrected chi connectivity index (χ1v) is 6.82. The van der Waals surface area contributed by atoms with Gasteiger partial charge in [-0.25, -0.2) is 0 Å². The maximum absolute atomic E-state index is 12.1. The molecule has 2 rings (SSSR count). The second-order valence-electron chi connectivity index (χ2n) is 3.94. The quantitative estimate of drug-likeness (QED) is 0.871. The Hall–Kier alpha value is -1.72. The van der Waals surface area contributed by atoms with Gasteiger partial charge in [0.1, 0.15) is 0 Å². The van der Waals surface area contributed by atoms with Gasteiger partial charge in [-0.3, -0.25) is 4.79 Å². The van der Waals surface area contributed by atoms with E-state index in [9.17, 15) is 9.90 Å². The molecule has 4 nitrogen and oxygen atoms in total. The molecule has 0 saturated carbocycles. The normalized spacial score (nSPS) is 10.2. The van der Waals surface area contributed by atoms with Gasteiger partial charge in [-0.2, -0.15) is 0 Å². The molecule has 0 atom stereocenters. The molecule has 2 N–H and O–H groups in total. The van der Waals surface area contributed by atoms with Crippen LogP contribution in [0.2, 0.25) is 5.02 Å². The van der Waals surface area contributed by atoms with Crippen LogP contribution in [0.3, 0.4) is 0 Å². The highest BCUT2D eigenvalue weighted by Crippen LogP contribution is 2.30. The summed E-state index contributed by atoms with van der Waals surface area (Å²) in [4.78, 5) is 12.1. The summed E-state index contributed by atoms with van der Waals surface area (Å²) >= 11 is 9.16. The Balaban J connectivity index is 2.26. The molecular weight excluding hydrogens is 346 g/mol. The van der Waals surface area contributed by atoms with Crippen LogP contribution in [0.5, 0.6) is 11.5 Å². The van der Waals surface area contributed by atoms with E-state index in [-0.39, 0.29) is 17.1 Å². The highest BCUT2D eigenvalue weighted by molar-refractivity contribution is 9.10. The lowest BCUT2D eigenvalue weighted by molar-refractivity contribution is 0.102. The first-order valence-electron chi connectivity index (χ1n) is 5.65. The number of amides is 1. The average Bonchev–Trinajstić information content (AvgIpc) is 2.43. The zero-order valence-corrected chi connectivity index (χ0v) is 12.8. The summed E-state index contributed by atoms with van der Waals surface area (Å²) in [6.07, 6.45) is 0. The number of benzene rings is 2. The molecule has 1 amide bonds. The van der Waals surface area contributed by atoms with E-state index in [1.54, 1.807) is 30.3 Å². The van der Waals surface area contributed by atoms with Crippen LogP contribution < -0.4 is 10.1 Å². The van der Waals surface area contributed by atoms with E-state index in [4.69, 9.17) is 16.3 Å². The molecule has 0 aliphatic carbocycles. The number of hydrogen-bond acceptors (Lipinski definition) is 3. The molecule has 0 radical (unpaired) electrons. The van der Waals surface area contributed by atoms with Crippen molar-refractivity contribution in [1.82, 2.24) is 0 Å². The van der Waals surface area contributed by atoms with Crippen molar-refractivity contribution < 1.29 is 14.6 Å². The van der Waals surface area contributed by atoms with Crippen molar-refractivity contribution in [1.29, 1.82) is 0 Å². The summed E-state index contributed by atoms with van der Waals surface area (Å²) in [5.41, 5.74) is 0.698. The Labute approximate surface area is 129 Å². The van der Waals surface area contributed by atoms with Crippen LogP contribution in [0.4, 0.5) is 5.69 Å². The number of anilines is 1. The van der Waals surface area contributed by atoms with Crippen molar-refractivity contribution in [2.24, 2.45) is 0 Å². The zero-order chi connectivity index (χ0) is 14.7. The van der Waals surface area contributed by atoms with Crippen LogP contribution in [0.25, 0.3) is 0 Å². The van der Waals surface area contributed by atoms with E-state index >= 15 is 0 Å². The largest absolute Gasteiger partial charge is 0.504 e. The molecule has 20 heavy (non-hydrogen) atoms. The Morgan fingerprint density at radius 3 is 2.75 bits per heavy atom. The van der Waals surface area contributed by atoms with Crippen LogP contribution in [-0.2, 0) is 0 Å². The molecule has 2 aromatic carbocycles. The van der Waals surface area contributed by atoms with Crippen molar-refractivity contribution in [2.45, 2.75) is 0 Å². The standard InChI is InChI=1S/C14H11BrClNO3/c1-20-12-4-2-3-9(13(12)18)14(19)17-8-5-6-11(16)10(15)7-8/h2-7,18H,1H3,(H,17,19). The molecule has 0 bridgehead atoms. The fourth-order valence-electron chi connectivity index (χ4n) is 1.64. The number of phenols is 1. The highest BCUT2D eigenvalue weighted by atomic mass is 79.9. The van der Waals surface area contributed by atoms with Gasteiger partial charge in [-0.05, 0) is 46.3 Å². The Bertz CT molecular complexity index is 661. The molecule has 104 valence electrons. The van der Waals surface area contributed by atoms with E-state index in [0.717, 1.165) is 0 Å². The van der Waals surface area contributed by atoms with Gasteiger partial charge in [0.2, 0.25) is 0 Å². The second-order valence-corrected chi connectivity index (χ2v) is 5.20. The minimum atomic E-state index is -0.435. The number of para-hydroxylation sites is 1. The molecule has 0 aromatic heterocycles. The summed E-state index contributed by atoms with van der Waals surface area (Å²) in [5.74, 6) is -0.383. The number of nitrogens with one attached hydrogen (secondary N) is 1. The smallest absolute Gasteiger partial charge is 0.259 e. The Kier molecular flexibility index (Phi) is 4.52. The van der Waals surface area contributed by atoms with Crippen molar-refractivity contribution in [3.8, 4) is 11.5 Å². The summed E-state index contributed by atoms with van der Waals surface area (Å²) in [6.45, 7) is 0. The van der Waals surface area contributed by atoms with Crippen molar-refractivity contribution >= 4 is 39.1 Å². The third-order valence-electron chi connectivity index (χ3n) is 2.64. The van der Waals surface area contributed by atoms with Gasteiger partial charge >= 0.3 is 0 Å². The summed E-state index contributed by atoms with van der Waals surface area (Å²) in [5, 5.41) is 13.1. The predicted molar refractivity (Wildman–Crippen MR) is 81.8 cm³/mol. The van der Waals surface area contributed by atoms with Gasteiger partial charge in [-0.1, -0.05) is 17.7 Å². The maximum atomic E-state index is 12.1. The third kappa shape index (κ3) is 3.05. The second kappa shape index (κ2) is 6.15. The first-order chi connectivity index (χ1) is 9.52. The lowest BCUT2D eigenvalue weighted by Gasteiger charge is -2.10. The van der Waals surface area contributed by atoms with Gasteiger partial charge in [0, 0.05) is 10.2 Å². The van der Waals surface area contributed by atoms with Gasteiger partial charge in [0.05, 0.1) is 17.7 Å². The lowest BCUT2D eigenvalue weighted by atomic mass is 10.1. The highest BCUT2D eigenvalue weighted by Gasteiger charge is 2.15. The Morgan fingerprint density at radius 2 is 2.10 bits per heavy atom. The molecule has 0 heterocycles. The monoisotopic (exact) mass is 355 g/mol. The number of rotatable bonds is 3. The molecule has 6 heteroatoms. The molecule has 0 fully saturated rings. The molecular formula is C14H11BrClNO3. The molecule has 2 aromatic rings. The summed E-state index contributed by atoms with van der Waals surface area (Å²) in [6, 6.07) is 9.72. The number of carbonyl (C=O) groups excluding carboxylic acids is 1. The van der Waals surface area contributed by atoms with Gasteiger partial charge in [-0.15, -0.1) is 0 Å². The maximum Gasteiger partial charge on any atom is 0.259 e. The molecule has 0 saturated heterocycles. The average molecular weight is 357 g/mol. The van der Waals surface area contributed by atoms with E-state index < -0.39 is 5.91 Å². The van der Waals surface area contributed by atoms with Crippen LogP contribution in [-0.4, -0.2) is 18.1 Å². The van der Waals surface area contributed by atoms with E-state index in [1.165, 1.54) is 13.2 Å². The number of carbonyl (C=O) groups is 1. The predicted octanol–water partition coefficient (Wildman–Crippen LogP) is 4.07. The number of ether oxygens (including phenoxy) is 1. The van der Waals surface area contributed by atoms with Crippen LogP contribution in [0, 0.1) is 0 Å². The summed E-state index contributed by atoms with van der Waals surface area (Å²) in [7, 11) is 1.42. The van der Waals surface area contributed by atoms with E-state index in [0.29, 0.717) is 15.2 Å². The van der Waals surface area contributed by atoms with Crippen molar-refractivity contribution in [2.75, 3.05) is 12.4 Å². The number of methoxy groups -OCH3 is 1. The number of phenolic OH excluding ortho intramolecular Hbond substituents is 1. The van der Waals surface area contributed by atoms with Crippen LogP contribution >= 0.6 is 27.5 Å². The minimum Gasteiger partial charge on any atom is -0.504 e. The molecule has 0 spiro atoms. The van der Waals surface area contributed by atoms with E-state index in [1.807, 2.05) is 0 Å². The Morgan fingerprint density at radius 1 is 1.35 bits per heavy atom. The molecule has 0 aliphatic rings. The SMILES string of the molecule is COc1cccc(C(=O)Nc2ccc(Cl)c(Br)c2)c1O. The van der Waals surface area contributed by atoms with Crippen LogP contribution in [0.15, 0.2) is 40.9 Å². The lowest BCUT2D eigenvalue weighted by Crippen LogP contribution is -2.12. The topological polar surface area (TPSA) is 58.6 Å². The van der Waals surface area contributed by atoms with Gasteiger partial charge in [0.15, 0.2) is 11.5 Å². The number of aromatic hydroxyl groups is 1. The van der Waals surface area contributed by atoms with Gasteiger partial charge in [0.25, 0.3) is 5.91 Å². The first kappa shape index (κ1) is 14.7. The minimum absolute atomic E-state index is 0.135. The molecule has 0 unspecified atom stereocenters. The number of hydrogen-bond donors (Lipinski definition) is 2. The van der Waals surface area contributed by atoms with Crippen molar-refractivity contribution in [3.63, 3.8) is 0 Å². The van der Waals surface area contributed by atoms with Crippen molar-refractivity contribution in [3.05, 3.63) is 51.5 Å². The van der Waals surface area contributed by atoms with Gasteiger partial charge < -0.3 is 15.2 Å². The van der Waals surface area contributed by atoms with Crippen LogP contribution in [0.1, 0.15) is 10.4 Å². The molecule has 0 aliphatic heterocycles. The van der Waals surface area contributed by atoms with E-state index in [2.05, 4.69) is 21.2 Å². The third-order valence-corrected chi connectivity index (χ3v) is 3.85. The fraction of sp³-hybridized carbons (Fsp3) is 0.0714.